The summed E-state index contributed by atoms with van der Waals surface area (Å²) >= 11 is 0. The Labute approximate surface area is 83.9 Å². The fraction of sp³-hybridized carbons (Fsp3) is 0.333. The summed E-state index contributed by atoms with van der Waals surface area (Å²) in [7, 11) is 0. The third-order valence-corrected chi connectivity index (χ3v) is 1.63. The number of carbonyl (C=O) groups excluding carboxylic acids is 1. The Morgan fingerprint density at radius 3 is 2.80 bits per heavy atom. The third kappa shape index (κ3) is 2.68. The van der Waals surface area contributed by atoms with Crippen LogP contribution in [0.1, 0.15) is 29.3 Å². The minimum Gasteiger partial charge on any atom is -0.462 e. The van der Waals surface area contributed by atoms with E-state index in [2.05, 4.69) is 9.72 Å². The van der Waals surface area contributed by atoms with Gasteiger partial charge in [0.2, 0.25) is 5.95 Å². The summed E-state index contributed by atoms with van der Waals surface area (Å²) in [6.45, 7) is 1.59. The zero-order valence-electron chi connectivity index (χ0n) is 7.84. The topological polar surface area (TPSA) is 39.2 Å². The standard InChI is InChI=1S/C9H8F3NO2/c1-2-15-9(14)6-4-13-7(10)3-5(6)8(11)12/h3-4,8H,2H2,1H3. The average molecular weight is 219 g/mol. The van der Waals surface area contributed by atoms with Crippen LogP contribution in [0, 0.1) is 5.95 Å². The van der Waals surface area contributed by atoms with Crippen LogP contribution in [0.2, 0.25) is 0 Å². The molecule has 82 valence electrons. The lowest BCUT2D eigenvalue weighted by molar-refractivity contribution is 0.0514. The maximum absolute atomic E-state index is 12.6. The molecule has 0 aliphatic heterocycles. The van der Waals surface area contributed by atoms with Gasteiger partial charge < -0.3 is 4.74 Å². The highest BCUT2D eigenvalue weighted by molar-refractivity contribution is 5.90. The second-order valence-corrected chi connectivity index (χ2v) is 2.62. The highest BCUT2D eigenvalue weighted by atomic mass is 19.3. The maximum Gasteiger partial charge on any atom is 0.340 e. The molecule has 6 heteroatoms. The van der Waals surface area contributed by atoms with Gasteiger partial charge in [-0.1, -0.05) is 0 Å². The molecule has 3 nitrogen and oxygen atoms in total. The van der Waals surface area contributed by atoms with Gasteiger partial charge in [-0.25, -0.2) is 18.6 Å². The van der Waals surface area contributed by atoms with Crippen molar-refractivity contribution in [2.45, 2.75) is 13.3 Å². The fourth-order valence-corrected chi connectivity index (χ4v) is 1.00. The van der Waals surface area contributed by atoms with E-state index in [0.717, 1.165) is 6.20 Å². The first-order valence-electron chi connectivity index (χ1n) is 4.17. The van der Waals surface area contributed by atoms with E-state index in [1.807, 2.05) is 0 Å². The molecule has 0 N–H and O–H groups in total. The SMILES string of the molecule is CCOC(=O)c1cnc(F)cc1C(F)F. The van der Waals surface area contributed by atoms with Gasteiger partial charge in [-0.15, -0.1) is 0 Å². The minimum atomic E-state index is -2.94. The lowest BCUT2D eigenvalue weighted by Crippen LogP contribution is -2.09. The largest absolute Gasteiger partial charge is 0.462 e. The number of nitrogens with zero attached hydrogens (tertiary/aromatic N) is 1. The molecule has 1 aromatic rings. The van der Waals surface area contributed by atoms with Gasteiger partial charge in [0, 0.05) is 17.8 Å². The monoisotopic (exact) mass is 219 g/mol. The van der Waals surface area contributed by atoms with Crippen molar-refractivity contribution in [2.75, 3.05) is 6.61 Å². The Hall–Kier alpha value is -1.59. The molecule has 0 fully saturated rings. The van der Waals surface area contributed by atoms with Gasteiger partial charge >= 0.3 is 5.97 Å². The van der Waals surface area contributed by atoms with E-state index in [0.29, 0.717) is 6.07 Å². The Bertz CT molecular complexity index is 368. The Balaban J connectivity index is 3.11. The summed E-state index contributed by atoms with van der Waals surface area (Å²) in [6.07, 6.45) is -2.20. The van der Waals surface area contributed by atoms with Crippen LogP contribution in [0.15, 0.2) is 12.3 Å². The summed E-state index contributed by atoms with van der Waals surface area (Å²) < 4.78 is 41.9. The van der Waals surface area contributed by atoms with E-state index >= 15 is 0 Å². The van der Waals surface area contributed by atoms with E-state index in [1.54, 1.807) is 0 Å². The zero-order valence-corrected chi connectivity index (χ0v) is 7.84. The smallest absolute Gasteiger partial charge is 0.340 e. The normalized spacial score (nSPS) is 10.5. The van der Waals surface area contributed by atoms with Gasteiger partial charge in [0.25, 0.3) is 6.43 Å². The Kier molecular flexibility index (Phi) is 3.65. The molecule has 0 bridgehead atoms. The molecule has 0 amide bonds. The highest BCUT2D eigenvalue weighted by Gasteiger charge is 2.20. The molecular weight excluding hydrogens is 211 g/mol. The Morgan fingerprint density at radius 1 is 1.60 bits per heavy atom. The lowest BCUT2D eigenvalue weighted by Gasteiger charge is -2.07. The van der Waals surface area contributed by atoms with Crippen LogP contribution >= 0.6 is 0 Å². The van der Waals surface area contributed by atoms with Crippen molar-refractivity contribution in [2.24, 2.45) is 0 Å². The van der Waals surface area contributed by atoms with Gasteiger partial charge in [0.1, 0.15) is 0 Å². The highest BCUT2D eigenvalue weighted by Crippen LogP contribution is 2.23. The predicted molar refractivity (Wildman–Crippen MR) is 45.1 cm³/mol. The van der Waals surface area contributed by atoms with Crippen LogP contribution in [0.4, 0.5) is 13.2 Å². The second-order valence-electron chi connectivity index (χ2n) is 2.62. The van der Waals surface area contributed by atoms with Gasteiger partial charge in [0.05, 0.1) is 12.2 Å². The van der Waals surface area contributed by atoms with E-state index < -0.39 is 29.5 Å². The third-order valence-electron chi connectivity index (χ3n) is 1.63. The molecule has 0 atom stereocenters. The van der Waals surface area contributed by atoms with Crippen molar-refractivity contribution < 1.29 is 22.7 Å². The molecule has 0 spiro atoms. The van der Waals surface area contributed by atoms with Gasteiger partial charge in [-0.2, -0.15) is 4.39 Å². The van der Waals surface area contributed by atoms with Crippen LogP contribution < -0.4 is 0 Å². The predicted octanol–water partition coefficient (Wildman–Crippen LogP) is 2.33. The number of hydrogen-bond donors (Lipinski definition) is 0. The lowest BCUT2D eigenvalue weighted by atomic mass is 10.1. The number of carbonyl (C=O) groups is 1. The Morgan fingerprint density at radius 2 is 2.27 bits per heavy atom. The van der Waals surface area contributed by atoms with Crippen molar-refractivity contribution in [1.82, 2.24) is 4.98 Å². The van der Waals surface area contributed by atoms with Gasteiger partial charge in [-0.3, -0.25) is 0 Å². The van der Waals surface area contributed by atoms with Crippen LogP contribution in [0.25, 0.3) is 0 Å². The number of alkyl halides is 2. The number of ether oxygens (including phenoxy) is 1. The first-order valence-corrected chi connectivity index (χ1v) is 4.17. The number of hydrogen-bond acceptors (Lipinski definition) is 3. The number of pyridine rings is 1. The van der Waals surface area contributed by atoms with E-state index in [4.69, 9.17) is 0 Å². The molecule has 0 saturated carbocycles. The maximum atomic E-state index is 12.6. The molecule has 0 aliphatic carbocycles. The quantitative estimate of drug-likeness (QED) is 0.578. The molecule has 0 unspecified atom stereocenters. The van der Waals surface area contributed by atoms with Gasteiger partial charge in [0.15, 0.2) is 0 Å². The summed E-state index contributed by atoms with van der Waals surface area (Å²) in [4.78, 5) is 14.3. The van der Waals surface area contributed by atoms with Crippen molar-refractivity contribution in [3.8, 4) is 0 Å². The average Bonchev–Trinajstić information content (AvgIpc) is 2.17. The summed E-state index contributed by atoms with van der Waals surface area (Å²) in [6, 6.07) is 0.525. The molecule has 0 aliphatic rings. The molecule has 1 heterocycles. The second kappa shape index (κ2) is 4.77. The van der Waals surface area contributed by atoms with Crippen LogP contribution in [0.5, 0.6) is 0 Å². The molecular formula is C9H8F3NO2. The van der Waals surface area contributed by atoms with Crippen molar-refractivity contribution in [1.29, 1.82) is 0 Å². The molecule has 0 aromatic carbocycles. The van der Waals surface area contributed by atoms with Crippen LogP contribution in [0.3, 0.4) is 0 Å². The fourth-order valence-electron chi connectivity index (χ4n) is 1.00. The van der Waals surface area contributed by atoms with Crippen LogP contribution in [-0.2, 0) is 4.74 Å². The van der Waals surface area contributed by atoms with Crippen molar-refractivity contribution in [3.05, 3.63) is 29.3 Å². The summed E-state index contributed by atoms with van der Waals surface area (Å²) in [5, 5.41) is 0. The first kappa shape index (κ1) is 11.5. The molecule has 0 radical (unpaired) electrons. The van der Waals surface area contributed by atoms with E-state index in [-0.39, 0.29) is 6.61 Å². The molecule has 1 rings (SSSR count). The number of rotatable bonds is 3. The summed E-state index contributed by atoms with van der Waals surface area (Å²) in [5.74, 6) is -1.99. The zero-order chi connectivity index (χ0) is 11.4. The number of esters is 1. The number of aromatic nitrogens is 1. The van der Waals surface area contributed by atoms with E-state index in [9.17, 15) is 18.0 Å². The molecule has 1 aromatic heterocycles. The van der Waals surface area contributed by atoms with Crippen molar-refractivity contribution in [3.63, 3.8) is 0 Å². The van der Waals surface area contributed by atoms with Gasteiger partial charge in [-0.05, 0) is 6.92 Å². The molecule has 0 saturated heterocycles. The molecule has 15 heavy (non-hydrogen) atoms. The summed E-state index contributed by atoms with van der Waals surface area (Å²) in [5.41, 5.74) is -1.12. The first-order chi connectivity index (χ1) is 7.06. The van der Waals surface area contributed by atoms with Crippen LogP contribution in [-0.4, -0.2) is 17.6 Å². The van der Waals surface area contributed by atoms with Crippen molar-refractivity contribution >= 4 is 5.97 Å². The minimum absolute atomic E-state index is 0.0545. The van der Waals surface area contributed by atoms with E-state index in [1.165, 1.54) is 6.92 Å². The number of halogens is 3.